The third-order valence-corrected chi connectivity index (χ3v) is 3.44. The predicted octanol–water partition coefficient (Wildman–Crippen LogP) is 3.26. The monoisotopic (exact) mass is 286 g/mol. The van der Waals surface area contributed by atoms with Gasteiger partial charge in [0, 0.05) is 13.1 Å². The molecule has 1 aromatic carbocycles. The van der Waals surface area contributed by atoms with Gasteiger partial charge in [0.15, 0.2) is 5.82 Å². The average molecular weight is 286 g/mol. The largest absolute Gasteiger partial charge is 0.437 e. The van der Waals surface area contributed by atoms with Crippen LogP contribution < -0.4 is 15.4 Å². The first-order valence-electron chi connectivity index (χ1n) is 7.31. The van der Waals surface area contributed by atoms with E-state index in [0.29, 0.717) is 11.6 Å². The maximum Gasteiger partial charge on any atom is 0.248 e. The maximum atomic E-state index is 6.15. The van der Waals surface area contributed by atoms with Gasteiger partial charge in [-0.1, -0.05) is 19.1 Å². The number of ether oxygens (including phenoxy) is 1. The van der Waals surface area contributed by atoms with Crippen LogP contribution in [-0.4, -0.2) is 23.1 Å². The number of benzene rings is 1. The SMILES string of the molecule is CCc1ccc(Oc2ncnc(N(CC)CC)c2N)cc1. The molecule has 0 unspecified atom stereocenters. The van der Waals surface area contributed by atoms with Crippen LogP contribution in [-0.2, 0) is 6.42 Å². The Kier molecular flexibility index (Phi) is 4.98. The zero-order valence-electron chi connectivity index (χ0n) is 12.8. The zero-order valence-corrected chi connectivity index (χ0v) is 12.8. The Balaban J connectivity index is 2.25. The van der Waals surface area contributed by atoms with Crippen molar-refractivity contribution in [3.8, 4) is 11.6 Å². The normalized spacial score (nSPS) is 10.4. The average Bonchev–Trinajstić information content (AvgIpc) is 2.52. The maximum absolute atomic E-state index is 6.15. The molecule has 0 bridgehead atoms. The van der Waals surface area contributed by atoms with E-state index in [-0.39, 0.29) is 0 Å². The van der Waals surface area contributed by atoms with Gasteiger partial charge in [0.2, 0.25) is 5.88 Å². The van der Waals surface area contributed by atoms with Crippen LogP contribution in [0.3, 0.4) is 0 Å². The Bertz CT molecular complexity index is 579. The van der Waals surface area contributed by atoms with Gasteiger partial charge < -0.3 is 15.4 Å². The van der Waals surface area contributed by atoms with Crippen molar-refractivity contribution < 1.29 is 4.74 Å². The molecular formula is C16H22N4O. The summed E-state index contributed by atoms with van der Waals surface area (Å²) in [6, 6.07) is 7.94. The summed E-state index contributed by atoms with van der Waals surface area (Å²) in [7, 11) is 0. The highest BCUT2D eigenvalue weighted by molar-refractivity contribution is 5.68. The molecule has 0 saturated carbocycles. The summed E-state index contributed by atoms with van der Waals surface area (Å²) in [5.74, 6) is 1.84. The van der Waals surface area contributed by atoms with Crippen LogP contribution in [0.15, 0.2) is 30.6 Å². The second kappa shape index (κ2) is 6.92. The van der Waals surface area contributed by atoms with Crippen LogP contribution in [0.1, 0.15) is 26.3 Å². The number of nitrogens with two attached hydrogens (primary N) is 1. The first-order chi connectivity index (χ1) is 10.2. The Hall–Kier alpha value is -2.30. The van der Waals surface area contributed by atoms with E-state index in [2.05, 4.69) is 35.6 Å². The van der Waals surface area contributed by atoms with Gasteiger partial charge in [-0.25, -0.2) is 4.98 Å². The predicted molar refractivity (Wildman–Crippen MR) is 85.9 cm³/mol. The van der Waals surface area contributed by atoms with Crippen molar-refractivity contribution in [2.45, 2.75) is 27.2 Å². The summed E-state index contributed by atoms with van der Waals surface area (Å²) < 4.78 is 5.79. The van der Waals surface area contributed by atoms with Crippen LogP contribution in [0.25, 0.3) is 0 Å². The first-order valence-corrected chi connectivity index (χ1v) is 7.31. The highest BCUT2D eigenvalue weighted by Crippen LogP contribution is 2.31. The second-order valence-electron chi connectivity index (χ2n) is 4.69. The molecule has 5 nitrogen and oxygen atoms in total. The molecule has 0 amide bonds. The minimum absolute atomic E-state index is 0.399. The van der Waals surface area contributed by atoms with E-state index in [9.17, 15) is 0 Å². The summed E-state index contributed by atoms with van der Waals surface area (Å²) in [5.41, 5.74) is 7.89. The molecule has 0 aliphatic heterocycles. The number of hydrogen-bond acceptors (Lipinski definition) is 5. The topological polar surface area (TPSA) is 64.3 Å². The molecule has 2 N–H and O–H groups in total. The molecule has 2 rings (SSSR count). The summed E-state index contributed by atoms with van der Waals surface area (Å²) in [6.45, 7) is 7.92. The second-order valence-corrected chi connectivity index (χ2v) is 4.69. The van der Waals surface area contributed by atoms with Gasteiger partial charge in [-0.15, -0.1) is 0 Å². The number of hydrogen-bond donors (Lipinski definition) is 1. The number of rotatable bonds is 6. The van der Waals surface area contributed by atoms with E-state index in [1.165, 1.54) is 11.9 Å². The standard InChI is InChI=1S/C16H22N4O/c1-4-12-7-9-13(10-8-12)21-16-14(17)15(18-11-19-16)20(5-2)6-3/h7-11H,4-6,17H2,1-3H3. The third-order valence-electron chi connectivity index (χ3n) is 3.44. The number of anilines is 2. The summed E-state index contributed by atoms with van der Waals surface area (Å²) in [4.78, 5) is 10.5. The summed E-state index contributed by atoms with van der Waals surface area (Å²) in [5, 5.41) is 0. The molecule has 21 heavy (non-hydrogen) atoms. The van der Waals surface area contributed by atoms with E-state index in [0.717, 1.165) is 31.1 Å². The lowest BCUT2D eigenvalue weighted by Gasteiger charge is -2.21. The van der Waals surface area contributed by atoms with Crippen molar-refractivity contribution in [1.82, 2.24) is 9.97 Å². The van der Waals surface area contributed by atoms with Gasteiger partial charge in [0.1, 0.15) is 17.8 Å². The van der Waals surface area contributed by atoms with Crippen molar-refractivity contribution in [1.29, 1.82) is 0 Å². The van der Waals surface area contributed by atoms with Crippen molar-refractivity contribution in [3.05, 3.63) is 36.2 Å². The van der Waals surface area contributed by atoms with Gasteiger partial charge in [-0.3, -0.25) is 0 Å². The number of nitrogens with zero attached hydrogens (tertiary/aromatic N) is 3. The molecule has 2 aromatic rings. The minimum Gasteiger partial charge on any atom is -0.437 e. The van der Waals surface area contributed by atoms with Crippen molar-refractivity contribution in [2.24, 2.45) is 0 Å². The fourth-order valence-corrected chi connectivity index (χ4v) is 2.13. The summed E-state index contributed by atoms with van der Waals surface area (Å²) in [6.07, 6.45) is 2.49. The van der Waals surface area contributed by atoms with Gasteiger partial charge in [0.05, 0.1) is 0 Å². The number of aromatic nitrogens is 2. The lowest BCUT2D eigenvalue weighted by atomic mass is 10.2. The molecule has 1 aromatic heterocycles. The number of aryl methyl sites for hydroxylation is 1. The van der Waals surface area contributed by atoms with Crippen LogP contribution >= 0.6 is 0 Å². The molecule has 0 atom stereocenters. The van der Waals surface area contributed by atoms with E-state index in [1.807, 2.05) is 24.3 Å². The van der Waals surface area contributed by atoms with Crippen molar-refractivity contribution in [3.63, 3.8) is 0 Å². The molecule has 0 saturated heterocycles. The molecule has 0 aliphatic carbocycles. The van der Waals surface area contributed by atoms with Gasteiger partial charge in [-0.05, 0) is 38.0 Å². The highest BCUT2D eigenvalue weighted by Gasteiger charge is 2.14. The lowest BCUT2D eigenvalue weighted by Crippen LogP contribution is -2.24. The van der Waals surface area contributed by atoms with Gasteiger partial charge >= 0.3 is 0 Å². The van der Waals surface area contributed by atoms with Crippen molar-refractivity contribution >= 4 is 11.5 Å². The first kappa shape index (κ1) is 15.1. The molecular weight excluding hydrogens is 264 g/mol. The van der Waals surface area contributed by atoms with Crippen LogP contribution in [0.2, 0.25) is 0 Å². The summed E-state index contributed by atoms with van der Waals surface area (Å²) >= 11 is 0. The quantitative estimate of drug-likeness (QED) is 0.883. The zero-order chi connectivity index (χ0) is 15.2. The van der Waals surface area contributed by atoms with Crippen LogP contribution in [0.4, 0.5) is 11.5 Å². The number of nitrogen functional groups attached to an aromatic ring is 1. The fraction of sp³-hybridized carbons (Fsp3) is 0.375. The van der Waals surface area contributed by atoms with Gasteiger partial charge in [-0.2, -0.15) is 4.98 Å². The smallest absolute Gasteiger partial charge is 0.248 e. The van der Waals surface area contributed by atoms with E-state index in [1.54, 1.807) is 0 Å². The van der Waals surface area contributed by atoms with Gasteiger partial charge in [0.25, 0.3) is 0 Å². The molecule has 0 fully saturated rings. The van der Waals surface area contributed by atoms with E-state index >= 15 is 0 Å². The minimum atomic E-state index is 0.399. The van der Waals surface area contributed by atoms with E-state index in [4.69, 9.17) is 10.5 Å². The third kappa shape index (κ3) is 3.42. The molecule has 0 aliphatic rings. The molecule has 0 radical (unpaired) electrons. The molecule has 5 heteroatoms. The molecule has 0 spiro atoms. The molecule has 1 heterocycles. The Morgan fingerprint density at radius 1 is 1.05 bits per heavy atom. The Morgan fingerprint density at radius 3 is 2.29 bits per heavy atom. The lowest BCUT2D eigenvalue weighted by molar-refractivity contribution is 0.464. The Labute approximate surface area is 125 Å². The molecule has 112 valence electrons. The van der Waals surface area contributed by atoms with Crippen LogP contribution in [0, 0.1) is 0 Å². The Morgan fingerprint density at radius 2 is 1.71 bits per heavy atom. The van der Waals surface area contributed by atoms with E-state index < -0.39 is 0 Å². The van der Waals surface area contributed by atoms with Crippen LogP contribution in [0.5, 0.6) is 11.6 Å². The highest BCUT2D eigenvalue weighted by atomic mass is 16.5. The van der Waals surface area contributed by atoms with Crippen molar-refractivity contribution in [2.75, 3.05) is 23.7 Å². The fourth-order valence-electron chi connectivity index (χ4n) is 2.13.